The first-order chi connectivity index (χ1) is 12.8. The van der Waals surface area contributed by atoms with Crippen molar-refractivity contribution in [3.8, 4) is 5.75 Å². The minimum absolute atomic E-state index is 0.145. The van der Waals surface area contributed by atoms with Crippen LogP contribution in [0.15, 0.2) is 60.7 Å². The van der Waals surface area contributed by atoms with Crippen LogP contribution in [0.4, 0.5) is 0 Å². The van der Waals surface area contributed by atoms with E-state index in [1.165, 1.54) is 37.7 Å². The van der Waals surface area contributed by atoms with Crippen LogP contribution >= 0.6 is 0 Å². The first-order valence-electron chi connectivity index (χ1n) is 9.62. The second-order valence-corrected chi connectivity index (χ2v) is 7.28. The Morgan fingerprint density at radius 3 is 2.50 bits per heavy atom. The van der Waals surface area contributed by atoms with E-state index in [1.54, 1.807) is 0 Å². The van der Waals surface area contributed by atoms with Crippen LogP contribution in [0.2, 0.25) is 0 Å². The maximum Gasteiger partial charge on any atom is 0.130 e. The van der Waals surface area contributed by atoms with Gasteiger partial charge in [0.2, 0.25) is 0 Å². The highest BCUT2D eigenvalue weighted by atomic mass is 16.5. The number of nitrogens with two attached hydrogens (primary N) is 1. The molecule has 3 heteroatoms. The number of hydrogen-bond donors (Lipinski definition) is 1. The molecule has 0 amide bonds. The SMILES string of the molecule is NC(c1ccc(OCc2ccc3ccccc3n2)cc1)C1CCCCC1. The van der Waals surface area contributed by atoms with Crippen LogP contribution in [0.5, 0.6) is 5.75 Å². The first-order valence-corrected chi connectivity index (χ1v) is 9.62. The van der Waals surface area contributed by atoms with Crippen molar-refractivity contribution in [2.45, 2.75) is 44.8 Å². The fraction of sp³-hybridized carbons (Fsp3) is 0.348. The Bertz CT molecular complexity index is 853. The fourth-order valence-corrected chi connectivity index (χ4v) is 3.90. The van der Waals surface area contributed by atoms with Gasteiger partial charge >= 0.3 is 0 Å². The molecule has 26 heavy (non-hydrogen) atoms. The Morgan fingerprint density at radius 2 is 1.69 bits per heavy atom. The summed E-state index contributed by atoms with van der Waals surface area (Å²) in [6.45, 7) is 0.471. The minimum atomic E-state index is 0.145. The number of nitrogens with zero attached hydrogens (tertiary/aromatic N) is 1. The molecule has 1 atom stereocenters. The molecule has 0 spiro atoms. The minimum Gasteiger partial charge on any atom is -0.487 e. The molecule has 2 N–H and O–H groups in total. The van der Waals surface area contributed by atoms with E-state index in [1.807, 2.05) is 36.4 Å². The Balaban J connectivity index is 1.38. The molecule has 1 heterocycles. The zero-order valence-corrected chi connectivity index (χ0v) is 15.1. The number of aromatic nitrogens is 1. The van der Waals surface area contributed by atoms with Gasteiger partial charge in [0, 0.05) is 11.4 Å². The van der Waals surface area contributed by atoms with Gasteiger partial charge in [0.15, 0.2) is 0 Å². The molecule has 0 radical (unpaired) electrons. The normalized spacial score (nSPS) is 16.5. The van der Waals surface area contributed by atoms with Gasteiger partial charge in [-0.05, 0) is 48.6 Å². The molecule has 0 bridgehead atoms. The number of rotatable bonds is 5. The summed E-state index contributed by atoms with van der Waals surface area (Å²) in [5.41, 5.74) is 9.64. The first kappa shape index (κ1) is 17.0. The maximum atomic E-state index is 6.49. The van der Waals surface area contributed by atoms with Gasteiger partial charge in [0.05, 0.1) is 11.2 Å². The van der Waals surface area contributed by atoms with Crippen molar-refractivity contribution in [2.24, 2.45) is 11.7 Å². The van der Waals surface area contributed by atoms with E-state index >= 15 is 0 Å². The molecule has 1 aromatic heterocycles. The van der Waals surface area contributed by atoms with E-state index in [2.05, 4.69) is 29.2 Å². The standard InChI is InChI=1S/C23H26N2O/c24-23(18-7-2-1-3-8-18)19-11-14-21(15-12-19)26-16-20-13-10-17-6-4-5-9-22(17)25-20/h4-6,9-15,18,23H,1-3,7-8,16,24H2. The lowest BCUT2D eigenvalue weighted by atomic mass is 9.81. The van der Waals surface area contributed by atoms with Crippen LogP contribution < -0.4 is 10.5 Å². The van der Waals surface area contributed by atoms with Crippen molar-refractivity contribution in [1.82, 2.24) is 4.98 Å². The van der Waals surface area contributed by atoms with Gasteiger partial charge in [-0.3, -0.25) is 0 Å². The molecule has 1 unspecified atom stereocenters. The molecule has 1 aliphatic carbocycles. The molecular formula is C23H26N2O. The summed E-state index contributed by atoms with van der Waals surface area (Å²) in [5, 5.41) is 1.15. The van der Waals surface area contributed by atoms with Crippen LogP contribution in [0.3, 0.4) is 0 Å². The Morgan fingerprint density at radius 1 is 0.923 bits per heavy atom. The van der Waals surface area contributed by atoms with Crippen LogP contribution in [-0.4, -0.2) is 4.98 Å². The van der Waals surface area contributed by atoms with Crippen molar-refractivity contribution in [2.75, 3.05) is 0 Å². The van der Waals surface area contributed by atoms with Crippen molar-refractivity contribution in [1.29, 1.82) is 0 Å². The topological polar surface area (TPSA) is 48.1 Å². The van der Waals surface area contributed by atoms with E-state index in [9.17, 15) is 0 Å². The van der Waals surface area contributed by atoms with Crippen LogP contribution in [0.1, 0.15) is 49.4 Å². The molecule has 1 aliphatic rings. The molecule has 3 nitrogen and oxygen atoms in total. The van der Waals surface area contributed by atoms with Gasteiger partial charge in [-0.1, -0.05) is 55.7 Å². The van der Waals surface area contributed by atoms with Crippen LogP contribution in [-0.2, 0) is 6.61 Å². The largest absolute Gasteiger partial charge is 0.487 e. The quantitative estimate of drug-likeness (QED) is 0.673. The summed E-state index contributed by atoms with van der Waals surface area (Å²) in [6.07, 6.45) is 6.51. The van der Waals surface area contributed by atoms with Crippen LogP contribution in [0.25, 0.3) is 10.9 Å². The van der Waals surface area contributed by atoms with Gasteiger partial charge in [0.1, 0.15) is 12.4 Å². The van der Waals surface area contributed by atoms with Gasteiger partial charge in [-0.25, -0.2) is 4.98 Å². The van der Waals surface area contributed by atoms with E-state index in [0.29, 0.717) is 12.5 Å². The second-order valence-electron chi connectivity index (χ2n) is 7.28. The van der Waals surface area contributed by atoms with E-state index in [4.69, 9.17) is 10.5 Å². The number of hydrogen-bond acceptors (Lipinski definition) is 3. The lowest BCUT2D eigenvalue weighted by molar-refractivity contribution is 0.299. The van der Waals surface area contributed by atoms with Gasteiger partial charge in [-0.15, -0.1) is 0 Å². The molecule has 134 valence electrons. The monoisotopic (exact) mass is 346 g/mol. The average Bonchev–Trinajstić information content (AvgIpc) is 2.72. The summed E-state index contributed by atoms with van der Waals surface area (Å²) in [7, 11) is 0. The summed E-state index contributed by atoms with van der Waals surface area (Å²) >= 11 is 0. The molecule has 1 fully saturated rings. The highest BCUT2D eigenvalue weighted by Gasteiger charge is 2.21. The smallest absolute Gasteiger partial charge is 0.130 e. The zero-order chi connectivity index (χ0) is 17.8. The average molecular weight is 346 g/mol. The van der Waals surface area contributed by atoms with Gasteiger partial charge in [-0.2, -0.15) is 0 Å². The van der Waals surface area contributed by atoms with Gasteiger partial charge in [0.25, 0.3) is 0 Å². The number of benzene rings is 2. The fourth-order valence-electron chi connectivity index (χ4n) is 3.90. The Labute approximate surface area is 155 Å². The Hall–Kier alpha value is -2.39. The Kier molecular flexibility index (Phi) is 5.16. The second kappa shape index (κ2) is 7.88. The third kappa shape index (κ3) is 3.88. The summed E-state index contributed by atoms with van der Waals surface area (Å²) in [5.74, 6) is 1.48. The molecule has 0 saturated heterocycles. The highest BCUT2D eigenvalue weighted by Crippen LogP contribution is 2.33. The summed E-state index contributed by atoms with van der Waals surface area (Å²) in [4.78, 5) is 4.65. The summed E-state index contributed by atoms with van der Waals surface area (Å²) in [6, 6.07) is 20.7. The molecule has 3 aromatic rings. The summed E-state index contributed by atoms with van der Waals surface area (Å²) < 4.78 is 5.92. The van der Waals surface area contributed by atoms with Gasteiger partial charge < -0.3 is 10.5 Å². The molecule has 1 saturated carbocycles. The zero-order valence-electron chi connectivity index (χ0n) is 15.1. The van der Waals surface area contributed by atoms with Crippen molar-refractivity contribution < 1.29 is 4.74 Å². The third-order valence-electron chi connectivity index (χ3n) is 5.47. The highest BCUT2D eigenvalue weighted by molar-refractivity contribution is 5.78. The predicted molar refractivity (Wildman–Crippen MR) is 106 cm³/mol. The lowest BCUT2D eigenvalue weighted by Crippen LogP contribution is -2.23. The van der Waals surface area contributed by atoms with Crippen molar-refractivity contribution in [3.05, 3.63) is 71.9 Å². The molecule has 0 aliphatic heterocycles. The molecule has 2 aromatic carbocycles. The maximum absolute atomic E-state index is 6.49. The number of ether oxygens (including phenoxy) is 1. The van der Waals surface area contributed by atoms with E-state index in [-0.39, 0.29) is 6.04 Å². The van der Waals surface area contributed by atoms with Crippen LogP contribution in [0, 0.1) is 5.92 Å². The van der Waals surface area contributed by atoms with E-state index < -0.39 is 0 Å². The molecule has 4 rings (SSSR count). The molecular weight excluding hydrogens is 320 g/mol. The van der Waals surface area contributed by atoms with Crippen molar-refractivity contribution >= 4 is 10.9 Å². The number of fused-ring (bicyclic) bond motifs is 1. The number of pyridine rings is 1. The van der Waals surface area contributed by atoms with Crippen molar-refractivity contribution in [3.63, 3.8) is 0 Å². The number of para-hydroxylation sites is 1. The predicted octanol–water partition coefficient (Wildman–Crippen LogP) is 5.39. The van der Waals surface area contributed by atoms with E-state index in [0.717, 1.165) is 22.3 Å². The lowest BCUT2D eigenvalue weighted by Gasteiger charge is -2.27. The third-order valence-corrected chi connectivity index (χ3v) is 5.47.